The molecule has 0 radical (unpaired) electrons. The third kappa shape index (κ3) is 4.67. The molecule has 2 heteroatoms. The number of carbonyl (C=O) groups excluding carboxylic acids is 1. The van der Waals surface area contributed by atoms with Crippen molar-refractivity contribution < 1.29 is 4.79 Å². The quantitative estimate of drug-likeness (QED) is 0.760. The van der Waals surface area contributed by atoms with E-state index in [-0.39, 0.29) is 5.91 Å². The normalized spacial score (nSPS) is 20.3. The SMILES string of the molecule is CC(C)C(C)NC(=O)CC1CCCCC1. The van der Waals surface area contributed by atoms with E-state index in [2.05, 4.69) is 26.1 Å². The number of amides is 1. The molecule has 88 valence electrons. The van der Waals surface area contributed by atoms with Crippen LogP contribution in [0, 0.1) is 11.8 Å². The average Bonchev–Trinajstić information content (AvgIpc) is 2.18. The van der Waals surface area contributed by atoms with Crippen molar-refractivity contribution in [2.24, 2.45) is 11.8 Å². The zero-order valence-electron chi connectivity index (χ0n) is 10.4. The molecule has 15 heavy (non-hydrogen) atoms. The van der Waals surface area contributed by atoms with Gasteiger partial charge in [-0.1, -0.05) is 33.1 Å². The third-order valence-corrected chi connectivity index (χ3v) is 3.59. The second-order valence-electron chi connectivity index (χ2n) is 5.31. The zero-order chi connectivity index (χ0) is 11.3. The van der Waals surface area contributed by atoms with E-state index in [1.54, 1.807) is 0 Å². The second kappa shape index (κ2) is 6.14. The molecule has 1 saturated carbocycles. The highest BCUT2D eigenvalue weighted by Gasteiger charge is 2.18. The molecule has 1 rings (SSSR count). The monoisotopic (exact) mass is 211 g/mol. The number of carbonyl (C=O) groups is 1. The Labute approximate surface area is 93.8 Å². The summed E-state index contributed by atoms with van der Waals surface area (Å²) in [5.41, 5.74) is 0. The lowest BCUT2D eigenvalue weighted by Gasteiger charge is -2.23. The summed E-state index contributed by atoms with van der Waals surface area (Å²) in [5.74, 6) is 1.43. The summed E-state index contributed by atoms with van der Waals surface area (Å²) in [6.45, 7) is 6.38. The molecule has 0 spiro atoms. The van der Waals surface area contributed by atoms with Crippen molar-refractivity contribution in [3.63, 3.8) is 0 Å². The highest BCUT2D eigenvalue weighted by atomic mass is 16.1. The van der Waals surface area contributed by atoms with Gasteiger partial charge in [0.2, 0.25) is 5.91 Å². The van der Waals surface area contributed by atoms with Gasteiger partial charge in [0.25, 0.3) is 0 Å². The van der Waals surface area contributed by atoms with Crippen molar-refractivity contribution in [1.29, 1.82) is 0 Å². The summed E-state index contributed by atoms with van der Waals surface area (Å²) >= 11 is 0. The van der Waals surface area contributed by atoms with Gasteiger partial charge in [0, 0.05) is 12.5 Å². The van der Waals surface area contributed by atoms with E-state index in [1.165, 1.54) is 32.1 Å². The highest BCUT2D eigenvalue weighted by Crippen LogP contribution is 2.26. The number of nitrogens with one attached hydrogen (secondary N) is 1. The molecule has 0 aromatic rings. The zero-order valence-corrected chi connectivity index (χ0v) is 10.4. The van der Waals surface area contributed by atoms with Crippen molar-refractivity contribution in [3.05, 3.63) is 0 Å². The van der Waals surface area contributed by atoms with Crippen LogP contribution in [0.25, 0.3) is 0 Å². The molecule has 1 aliphatic carbocycles. The number of rotatable bonds is 4. The number of hydrogen-bond acceptors (Lipinski definition) is 1. The summed E-state index contributed by atoms with van der Waals surface area (Å²) in [4.78, 5) is 11.7. The first kappa shape index (κ1) is 12.5. The van der Waals surface area contributed by atoms with Crippen LogP contribution in [-0.2, 0) is 4.79 Å². The predicted octanol–water partition coefficient (Wildman–Crippen LogP) is 3.12. The van der Waals surface area contributed by atoms with Crippen LogP contribution in [0.2, 0.25) is 0 Å². The lowest BCUT2D eigenvalue weighted by atomic mass is 9.86. The van der Waals surface area contributed by atoms with Gasteiger partial charge in [-0.3, -0.25) is 4.79 Å². The Hall–Kier alpha value is -0.530. The molecular weight excluding hydrogens is 186 g/mol. The smallest absolute Gasteiger partial charge is 0.220 e. The van der Waals surface area contributed by atoms with E-state index in [9.17, 15) is 4.79 Å². The maximum atomic E-state index is 11.7. The first-order valence-corrected chi connectivity index (χ1v) is 6.39. The van der Waals surface area contributed by atoms with Gasteiger partial charge in [-0.15, -0.1) is 0 Å². The Kier molecular flexibility index (Phi) is 5.13. The van der Waals surface area contributed by atoms with Crippen LogP contribution in [0.4, 0.5) is 0 Å². The highest BCUT2D eigenvalue weighted by molar-refractivity contribution is 5.76. The van der Waals surface area contributed by atoms with E-state index in [4.69, 9.17) is 0 Å². The fourth-order valence-corrected chi connectivity index (χ4v) is 2.13. The van der Waals surface area contributed by atoms with Crippen molar-refractivity contribution in [2.45, 2.75) is 65.3 Å². The van der Waals surface area contributed by atoms with Gasteiger partial charge in [0.15, 0.2) is 0 Å². The van der Waals surface area contributed by atoms with Crippen LogP contribution in [0.3, 0.4) is 0 Å². The van der Waals surface area contributed by atoms with Crippen molar-refractivity contribution in [2.75, 3.05) is 0 Å². The molecule has 2 nitrogen and oxygen atoms in total. The molecule has 0 aromatic heterocycles. The van der Waals surface area contributed by atoms with Gasteiger partial charge in [-0.2, -0.15) is 0 Å². The van der Waals surface area contributed by atoms with E-state index in [0.29, 0.717) is 17.9 Å². The van der Waals surface area contributed by atoms with Crippen LogP contribution in [0.15, 0.2) is 0 Å². The molecule has 1 atom stereocenters. The molecule has 1 unspecified atom stereocenters. The number of hydrogen-bond donors (Lipinski definition) is 1. The maximum absolute atomic E-state index is 11.7. The Morgan fingerprint density at radius 3 is 2.33 bits per heavy atom. The largest absolute Gasteiger partial charge is 0.353 e. The van der Waals surface area contributed by atoms with Crippen molar-refractivity contribution in [1.82, 2.24) is 5.32 Å². The maximum Gasteiger partial charge on any atom is 0.220 e. The summed E-state index contributed by atoms with van der Waals surface area (Å²) < 4.78 is 0. The van der Waals surface area contributed by atoms with Gasteiger partial charge in [-0.25, -0.2) is 0 Å². The molecule has 0 bridgehead atoms. The van der Waals surface area contributed by atoms with E-state index < -0.39 is 0 Å². The third-order valence-electron chi connectivity index (χ3n) is 3.59. The molecular formula is C13H25NO. The van der Waals surface area contributed by atoms with Gasteiger partial charge in [0.1, 0.15) is 0 Å². The van der Waals surface area contributed by atoms with Crippen molar-refractivity contribution in [3.8, 4) is 0 Å². The fraction of sp³-hybridized carbons (Fsp3) is 0.923. The minimum Gasteiger partial charge on any atom is -0.353 e. The van der Waals surface area contributed by atoms with Gasteiger partial charge in [-0.05, 0) is 31.6 Å². The van der Waals surface area contributed by atoms with E-state index in [1.807, 2.05) is 0 Å². The van der Waals surface area contributed by atoms with Crippen molar-refractivity contribution >= 4 is 5.91 Å². The minimum atomic E-state index is 0.253. The lowest BCUT2D eigenvalue weighted by molar-refractivity contribution is -0.123. The summed E-state index contributed by atoms with van der Waals surface area (Å²) in [5, 5.41) is 3.09. The summed E-state index contributed by atoms with van der Waals surface area (Å²) in [6.07, 6.45) is 7.25. The minimum absolute atomic E-state index is 0.253. The molecule has 1 N–H and O–H groups in total. The van der Waals surface area contributed by atoms with Gasteiger partial charge >= 0.3 is 0 Å². The van der Waals surface area contributed by atoms with Crippen LogP contribution in [0.5, 0.6) is 0 Å². The Balaban J connectivity index is 2.22. The first-order chi connectivity index (χ1) is 7.09. The topological polar surface area (TPSA) is 29.1 Å². The molecule has 1 amide bonds. The van der Waals surface area contributed by atoms with E-state index >= 15 is 0 Å². The van der Waals surface area contributed by atoms with Crippen LogP contribution in [0.1, 0.15) is 59.3 Å². The Morgan fingerprint density at radius 2 is 1.80 bits per heavy atom. The molecule has 0 saturated heterocycles. The molecule has 0 aliphatic heterocycles. The van der Waals surface area contributed by atoms with Crippen LogP contribution >= 0.6 is 0 Å². The van der Waals surface area contributed by atoms with Crippen LogP contribution in [-0.4, -0.2) is 11.9 Å². The lowest BCUT2D eigenvalue weighted by Crippen LogP contribution is -2.37. The van der Waals surface area contributed by atoms with E-state index in [0.717, 1.165) is 6.42 Å². The predicted molar refractivity (Wildman–Crippen MR) is 63.6 cm³/mol. The summed E-state index contributed by atoms with van der Waals surface area (Å²) in [7, 11) is 0. The average molecular weight is 211 g/mol. The molecule has 1 fully saturated rings. The molecule has 1 aliphatic rings. The van der Waals surface area contributed by atoms with Gasteiger partial charge in [0.05, 0.1) is 0 Å². The summed E-state index contributed by atoms with van der Waals surface area (Å²) in [6, 6.07) is 0.307. The Morgan fingerprint density at radius 1 is 1.20 bits per heavy atom. The molecule has 0 heterocycles. The molecule has 0 aromatic carbocycles. The second-order valence-corrected chi connectivity index (χ2v) is 5.31. The Bertz CT molecular complexity index is 195. The fourth-order valence-electron chi connectivity index (χ4n) is 2.13. The standard InChI is InChI=1S/C13H25NO/c1-10(2)11(3)14-13(15)9-12-7-5-4-6-8-12/h10-12H,4-9H2,1-3H3,(H,14,15). The van der Waals surface area contributed by atoms with Crippen LogP contribution < -0.4 is 5.32 Å². The van der Waals surface area contributed by atoms with Gasteiger partial charge < -0.3 is 5.32 Å². The first-order valence-electron chi connectivity index (χ1n) is 6.39.